The lowest BCUT2D eigenvalue weighted by molar-refractivity contribution is -0.153. The van der Waals surface area contributed by atoms with Gasteiger partial charge >= 0.3 is 5.97 Å². The molecule has 14 heavy (non-hydrogen) atoms. The van der Waals surface area contributed by atoms with Gasteiger partial charge in [-0.3, -0.25) is 9.59 Å². The first-order valence-corrected chi connectivity index (χ1v) is 4.81. The summed E-state index contributed by atoms with van der Waals surface area (Å²) in [5, 5.41) is 10.6. The molecule has 0 aliphatic carbocycles. The topological polar surface area (TPSA) is 93.3 Å². The lowest BCUT2D eigenvalue weighted by Crippen LogP contribution is -2.43. The van der Waals surface area contributed by atoms with Crippen LogP contribution in [0.3, 0.4) is 0 Å². The van der Waals surface area contributed by atoms with Crippen molar-refractivity contribution in [3.8, 4) is 0 Å². The number of aromatic nitrogens is 1. The number of aliphatic carboxylic acids is 1. The first-order valence-electron chi connectivity index (χ1n) is 3.87. The van der Waals surface area contributed by atoms with Crippen LogP contribution in [0, 0.1) is 5.41 Å². The van der Waals surface area contributed by atoms with Crippen LogP contribution < -0.4 is 5.73 Å². The summed E-state index contributed by atoms with van der Waals surface area (Å²) in [6.45, 7) is 1.30. The van der Waals surface area contributed by atoms with E-state index in [2.05, 4.69) is 4.98 Å². The number of thiazole rings is 1. The molecule has 1 atom stereocenters. The van der Waals surface area contributed by atoms with Gasteiger partial charge in [-0.15, -0.1) is 11.3 Å². The summed E-state index contributed by atoms with van der Waals surface area (Å²) < 4.78 is 0. The van der Waals surface area contributed by atoms with Gasteiger partial charge in [-0.2, -0.15) is 0 Å². The number of hydrogen-bond acceptors (Lipinski definition) is 4. The van der Waals surface area contributed by atoms with Crippen LogP contribution in [0.4, 0.5) is 0 Å². The van der Waals surface area contributed by atoms with Gasteiger partial charge in [0.25, 0.3) is 0 Å². The summed E-state index contributed by atoms with van der Waals surface area (Å²) in [5.41, 5.74) is 5.62. The zero-order valence-electron chi connectivity index (χ0n) is 7.56. The Labute approximate surface area is 84.6 Å². The largest absolute Gasteiger partial charge is 0.480 e. The highest BCUT2D eigenvalue weighted by Gasteiger charge is 2.40. The van der Waals surface area contributed by atoms with Crippen molar-refractivity contribution in [3.05, 3.63) is 16.6 Å². The zero-order chi connectivity index (χ0) is 10.8. The van der Waals surface area contributed by atoms with Crippen LogP contribution >= 0.6 is 11.3 Å². The summed E-state index contributed by atoms with van der Waals surface area (Å²) in [4.78, 5) is 25.8. The average Bonchev–Trinajstić information content (AvgIpc) is 2.55. The quantitative estimate of drug-likeness (QED) is 0.703. The fraction of sp³-hybridized carbons (Fsp3) is 0.375. The van der Waals surface area contributed by atoms with Crippen molar-refractivity contribution in [3.63, 3.8) is 0 Å². The molecule has 76 valence electrons. The van der Waals surface area contributed by atoms with Crippen LogP contribution in [0.25, 0.3) is 0 Å². The highest BCUT2D eigenvalue weighted by atomic mass is 32.1. The molecule has 0 radical (unpaired) electrons. The van der Waals surface area contributed by atoms with Crippen LogP contribution in [0.1, 0.15) is 12.6 Å². The van der Waals surface area contributed by atoms with Crippen molar-refractivity contribution in [2.24, 2.45) is 11.1 Å². The number of rotatable bonds is 4. The molecule has 1 aromatic heterocycles. The van der Waals surface area contributed by atoms with Crippen molar-refractivity contribution in [1.82, 2.24) is 4.98 Å². The van der Waals surface area contributed by atoms with Crippen molar-refractivity contribution < 1.29 is 14.7 Å². The number of primary amides is 1. The third kappa shape index (κ3) is 1.90. The molecule has 5 nitrogen and oxygen atoms in total. The molecule has 0 aliphatic rings. The molecule has 1 aromatic rings. The highest BCUT2D eigenvalue weighted by molar-refractivity contribution is 7.07. The minimum atomic E-state index is -1.58. The SMILES string of the molecule is CC(Cc1cscn1)(C(N)=O)C(=O)O. The van der Waals surface area contributed by atoms with Gasteiger partial charge in [0.1, 0.15) is 5.41 Å². The van der Waals surface area contributed by atoms with Gasteiger partial charge < -0.3 is 10.8 Å². The fourth-order valence-electron chi connectivity index (χ4n) is 0.955. The van der Waals surface area contributed by atoms with Gasteiger partial charge in [0.05, 0.1) is 11.2 Å². The Morgan fingerprint density at radius 2 is 2.36 bits per heavy atom. The van der Waals surface area contributed by atoms with E-state index in [0.29, 0.717) is 5.69 Å². The van der Waals surface area contributed by atoms with Gasteiger partial charge in [-0.05, 0) is 6.92 Å². The molecule has 0 aromatic carbocycles. The first kappa shape index (κ1) is 10.6. The van der Waals surface area contributed by atoms with Gasteiger partial charge in [-0.25, -0.2) is 4.98 Å². The Hall–Kier alpha value is -1.43. The number of nitrogens with zero attached hydrogens (tertiary/aromatic N) is 1. The number of nitrogens with two attached hydrogens (primary N) is 1. The van der Waals surface area contributed by atoms with E-state index in [1.54, 1.807) is 10.9 Å². The smallest absolute Gasteiger partial charge is 0.319 e. The molecule has 1 heterocycles. The van der Waals surface area contributed by atoms with Crippen LogP contribution in [0.15, 0.2) is 10.9 Å². The number of carbonyl (C=O) groups is 2. The monoisotopic (exact) mass is 214 g/mol. The van der Waals surface area contributed by atoms with E-state index in [4.69, 9.17) is 10.8 Å². The molecular weight excluding hydrogens is 204 g/mol. The zero-order valence-corrected chi connectivity index (χ0v) is 8.37. The summed E-state index contributed by atoms with van der Waals surface area (Å²) in [7, 11) is 0. The molecule has 0 aliphatic heterocycles. The van der Waals surface area contributed by atoms with Crippen molar-refractivity contribution in [2.45, 2.75) is 13.3 Å². The molecule has 0 saturated carbocycles. The van der Waals surface area contributed by atoms with E-state index < -0.39 is 17.3 Å². The number of amides is 1. The maximum absolute atomic E-state index is 11.0. The molecule has 0 bridgehead atoms. The molecule has 6 heteroatoms. The highest BCUT2D eigenvalue weighted by Crippen LogP contribution is 2.22. The Morgan fingerprint density at radius 3 is 2.71 bits per heavy atom. The molecule has 0 spiro atoms. The standard InChI is InChI=1S/C8H10N2O3S/c1-8(6(9)11,7(12)13)2-5-3-14-4-10-5/h3-4H,2H2,1H3,(H2,9,11)(H,12,13). The summed E-state index contributed by atoms with van der Waals surface area (Å²) >= 11 is 1.35. The van der Waals surface area contributed by atoms with Crippen LogP contribution in [-0.4, -0.2) is 22.0 Å². The third-order valence-electron chi connectivity index (χ3n) is 2.03. The predicted molar refractivity (Wildman–Crippen MR) is 50.8 cm³/mol. The minimum Gasteiger partial charge on any atom is -0.480 e. The lowest BCUT2D eigenvalue weighted by Gasteiger charge is -2.19. The van der Waals surface area contributed by atoms with E-state index >= 15 is 0 Å². The predicted octanol–water partition coefficient (Wildman–Crippen LogP) is 0.262. The number of carboxylic acids is 1. The van der Waals surface area contributed by atoms with E-state index in [9.17, 15) is 9.59 Å². The van der Waals surface area contributed by atoms with Crippen LogP contribution in [0.2, 0.25) is 0 Å². The number of carbonyl (C=O) groups excluding carboxylic acids is 1. The van der Waals surface area contributed by atoms with Gasteiger partial charge in [0, 0.05) is 11.8 Å². The van der Waals surface area contributed by atoms with Gasteiger partial charge in [0.15, 0.2) is 0 Å². The fourth-order valence-corrected chi connectivity index (χ4v) is 1.51. The van der Waals surface area contributed by atoms with E-state index in [1.807, 2.05) is 0 Å². The molecule has 1 amide bonds. The Balaban J connectivity index is 2.91. The van der Waals surface area contributed by atoms with Crippen molar-refractivity contribution in [1.29, 1.82) is 0 Å². The van der Waals surface area contributed by atoms with E-state index in [1.165, 1.54) is 18.3 Å². The molecule has 0 saturated heterocycles. The second-order valence-electron chi connectivity index (χ2n) is 3.16. The first-order chi connectivity index (χ1) is 6.47. The third-order valence-corrected chi connectivity index (χ3v) is 2.67. The van der Waals surface area contributed by atoms with Gasteiger partial charge in [0.2, 0.25) is 5.91 Å². The molecule has 1 rings (SSSR count). The Bertz CT molecular complexity index is 333. The van der Waals surface area contributed by atoms with Crippen LogP contribution in [-0.2, 0) is 16.0 Å². The molecule has 1 unspecified atom stereocenters. The maximum atomic E-state index is 11.0. The molecular formula is C8H10N2O3S. The summed E-state index contributed by atoms with van der Waals surface area (Å²) in [6.07, 6.45) is 0.0289. The van der Waals surface area contributed by atoms with Gasteiger partial charge in [-0.1, -0.05) is 0 Å². The number of carboxylic acid groups (broad SMARTS) is 1. The van der Waals surface area contributed by atoms with Crippen molar-refractivity contribution in [2.75, 3.05) is 0 Å². The minimum absolute atomic E-state index is 0.0289. The second-order valence-corrected chi connectivity index (χ2v) is 3.88. The lowest BCUT2D eigenvalue weighted by atomic mass is 9.85. The van der Waals surface area contributed by atoms with Crippen LogP contribution in [0.5, 0.6) is 0 Å². The Morgan fingerprint density at radius 1 is 1.71 bits per heavy atom. The number of hydrogen-bond donors (Lipinski definition) is 2. The molecule has 0 fully saturated rings. The van der Waals surface area contributed by atoms with E-state index in [-0.39, 0.29) is 6.42 Å². The summed E-state index contributed by atoms with van der Waals surface area (Å²) in [5.74, 6) is -2.07. The van der Waals surface area contributed by atoms with E-state index in [0.717, 1.165) is 0 Å². The maximum Gasteiger partial charge on any atom is 0.319 e. The molecule has 3 N–H and O–H groups in total. The Kier molecular flexibility index (Phi) is 2.85. The average molecular weight is 214 g/mol. The second kappa shape index (κ2) is 3.75. The summed E-state index contributed by atoms with van der Waals surface area (Å²) in [6, 6.07) is 0. The van der Waals surface area contributed by atoms with Crippen molar-refractivity contribution >= 4 is 23.2 Å². The normalized spacial score (nSPS) is 14.6.